The highest BCUT2D eigenvalue weighted by molar-refractivity contribution is 5.72. The van der Waals surface area contributed by atoms with Crippen molar-refractivity contribution in [1.82, 2.24) is 0 Å². The Bertz CT molecular complexity index is 478. The Balaban J connectivity index is 1.58. The van der Waals surface area contributed by atoms with E-state index in [2.05, 4.69) is 0 Å². The van der Waals surface area contributed by atoms with Gasteiger partial charge in [-0.2, -0.15) is 0 Å². The Morgan fingerprint density at radius 1 is 1.35 bits per heavy atom. The van der Waals surface area contributed by atoms with Gasteiger partial charge in [0.05, 0.1) is 25.7 Å². The van der Waals surface area contributed by atoms with Crippen molar-refractivity contribution in [3.05, 3.63) is 35.9 Å². The monoisotopic (exact) mass is 280 g/mol. The van der Waals surface area contributed by atoms with Crippen LogP contribution >= 0.6 is 0 Å². The van der Waals surface area contributed by atoms with Gasteiger partial charge >= 0.3 is 5.97 Å². The number of carbonyl (C=O) groups excluding carboxylic acids is 1. The smallest absolute Gasteiger partial charge is 0.306 e. The third-order valence-electron chi connectivity index (χ3n) is 4.14. The quantitative estimate of drug-likeness (QED) is 0.848. The standard InChI is InChI=1S/C15H17FO4/c16-13-14(18)11(10-6-12(17)20-15(10)13)8-19-7-9-4-2-1-3-5-9/h1-5,10-11,13-15,18H,6-8H2/t10-,11-,13-,14+,15-/m1/s1. The van der Waals surface area contributed by atoms with Gasteiger partial charge in [-0.3, -0.25) is 4.79 Å². The summed E-state index contributed by atoms with van der Waals surface area (Å²) in [6, 6.07) is 9.63. The van der Waals surface area contributed by atoms with Crippen molar-refractivity contribution in [3.8, 4) is 0 Å². The van der Waals surface area contributed by atoms with Gasteiger partial charge in [-0.1, -0.05) is 30.3 Å². The fourth-order valence-corrected chi connectivity index (χ4v) is 3.09. The Kier molecular flexibility index (Phi) is 3.72. The van der Waals surface area contributed by atoms with Gasteiger partial charge in [-0.15, -0.1) is 0 Å². The van der Waals surface area contributed by atoms with Crippen LogP contribution in [0, 0.1) is 11.8 Å². The minimum Gasteiger partial charge on any atom is -0.459 e. The molecule has 1 aromatic rings. The Hall–Kier alpha value is -1.46. The normalized spacial score (nSPS) is 35.9. The highest BCUT2D eigenvalue weighted by Gasteiger charge is 2.56. The molecule has 1 saturated carbocycles. The van der Waals surface area contributed by atoms with Gasteiger partial charge in [-0.05, 0) is 5.56 Å². The van der Waals surface area contributed by atoms with E-state index in [0.29, 0.717) is 6.61 Å². The molecule has 0 bridgehead atoms. The number of alkyl halides is 1. The van der Waals surface area contributed by atoms with Crippen molar-refractivity contribution in [2.45, 2.75) is 31.4 Å². The van der Waals surface area contributed by atoms with E-state index in [1.54, 1.807) is 0 Å². The Morgan fingerprint density at radius 3 is 2.85 bits per heavy atom. The van der Waals surface area contributed by atoms with E-state index < -0.39 is 18.4 Å². The molecule has 1 heterocycles. The summed E-state index contributed by atoms with van der Waals surface area (Å²) in [5.41, 5.74) is 1.02. The van der Waals surface area contributed by atoms with E-state index in [9.17, 15) is 14.3 Å². The third-order valence-corrected chi connectivity index (χ3v) is 4.14. The van der Waals surface area contributed by atoms with Gasteiger partial charge in [0.15, 0.2) is 6.17 Å². The van der Waals surface area contributed by atoms with E-state index in [1.165, 1.54) is 0 Å². The molecular formula is C15H17FO4. The number of benzene rings is 1. The van der Waals surface area contributed by atoms with Crippen molar-refractivity contribution in [2.75, 3.05) is 6.61 Å². The van der Waals surface area contributed by atoms with Crippen LogP contribution in [0.15, 0.2) is 30.3 Å². The van der Waals surface area contributed by atoms with Gasteiger partial charge in [0.1, 0.15) is 6.10 Å². The van der Waals surface area contributed by atoms with Crippen molar-refractivity contribution < 1.29 is 23.8 Å². The molecule has 2 fully saturated rings. The van der Waals surface area contributed by atoms with Crippen LogP contribution < -0.4 is 0 Å². The predicted molar refractivity (Wildman–Crippen MR) is 68.5 cm³/mol. The SMILES string of the molecule is O=C1C[C@@H]2[C@@H](COCc3ccccc3)[C@H](O)[C@@H](F)[C@@H]2O1. The maximum absolute atomic E-state index is 13.9. The van der Waals surface area contributed by atoms with Gasteiger partial charge in [0.2, 0.25) is 0 Å². The van der Waals surface area contributed by atoms with Gasteiger partial charge in [-0.25, -0.2) is 4.39 Å². The third kappa shape index (κ3) is 2.43. The summed E-state index contributed by atoms with van der Waals surface area (Å²) in [5.74, 6) is -1.05. The molecule has 1 aliphatic heterocycles. The lowest BCUT2D eigenvalue weighted by Crippen LogP contribution is -2.30. The molecule has 1 aromatic carbocycles. The molecule has 0 aromatic heterocycles. The summed E-state index contributed by atoms with van der Waals surface area (Å²) in [6.07, 6.45) is -3.25. The van der Waals surface area contributed by atoms with Crippen molar-refractivity contribution in [2.24, 2.45) is 11.8 Å². The van der Waals surface area contributed by atoms with Crippen LogP contribution in [0.25, 0.3) is 0 Å². The van der Waals surface area contributed by atoms with Crippen molar-refractivity contribution in [1.29, 1.82) is 0 Å². The zero-order chi connectivity index (χ0) is 14.1. The molecule has 2 aliphatic rings. The van der Waals surface area contributed by atoms with Crippen LogP contribution in [-0.2, 0) is 20.9 Å². The van der Waals surface area contributed by atoms with Crippen LogP contribution in [-0.4, -0.2) is 36.1 Å². The molecule has 3 rings (SSSR count). The van der Waals surface area contributed by atoms with Gasteiger partial charge < -0.3 is 14.6 Å². The average molecular weight is 280 g/mol. The number of halogens is 1. The number of fused-ring (bicyclic) bond motifs is 1. The number of hydrogen-bond donors (Lipinski definition) is 1. The van der Waals surface area contributed by atoms with Gasteiger partial charge in [0.25, 0.3) is 0 Å². The minimum absolute atomic E-state index is 0.168. The summed E-state index contributed by atoms with van der Waals surface area (Å²) in [5, 5.41) is 9.90. The van der Waals surface area contributed by atoms with E-state index in [1.807, 2.05) is 30.3 Å². The lowest BCUT2D eigenvalue weighted by molar-refractivity contribution is -0.144. The lowest BCUT2D eigenvalue weighted by Gasteiger charge is -2.19. The number of aliphatic hydroxyl groups is 1. The number of carbonyl (C=O) groups is 1. The van der Waals surface area contributed by atoms with Crippen LogP contribution in [0.1, 0.15) is 12.0 Å². The number of esters is 1. The second-order valence-corrected chi connectivity index (χ2v) is 5.42. The number of rotatable bonds is 4. The van der Waals surface area contributed by atoms with Crippen LogP contribution in [0.5, 0.6) is 0 Å². The summed E-state index contributed by atoms with van der Waals surface area (Å²) in [7, 11) is 0. The molecule has 20 heavy (non-hydrogen) atoms. The van der Waals surface area contributed by atoms with Crippen LogP contribution in [0.4, 0.5) is 4.39 Å². The largest absolute Gasteiger partial charge is 0.459 e. The molecule has 108 valence electrons. The number of aliphatic hydroxyl groups excluding tert-OH is 1. The Morgan fingerprint density at radius 2 is 2.10 bits per heavy atom. The average Bonchev–Trinajstić information content (AvgIpc) is 2.93. The first-order chi connectivity index (χ1) is 9.66. The topological polar surface area (TPSA) is 55.8 Å². The second-order valence-electron chi connectivity index (χ2n) is 5.42. The van der Waals surface area contributed by atoms with Crippen LogP contribution in [0.3, 0.4) is 0 Å². The molecule has 4 nitrogen and oxygen atoms in total. The highest BCUT2D eigenvalue weighted by Crippen LogP contribution is 2.43. The molecule has 5 heteroatoms. The lowest BCUT2D eigenvalue weighted by atomic mass is 9.93. The molecule has 0 unspecified atom stereocenters. The molecule has 1 N–H and O–H groups in total. The molecule has 0 spiro atoms. The summed E-state index contributed by atoms with van der Waals surface area (Å²) in [6.45, 7) is 0.640. The molecule has 0 radical (unpaired) electrons. The molecule has 0 amide bonds. The second kappa shape index (κ2) is 5.50. The minimum atomic E-state index is -1.50. The zero-order valence-electron chi connectivity index (χ0n) is 10.9. The van der Waals surface area contributed by atoms with E-state index >= 15 is 0 Å². The molecular weight excluding hydrogens is 263 g/mol. The molecule has 1 aliphatic carbocycles. The van der Waals surface area contributed by atoms with E-state index in [-0.39, 0.29) is 30.8 Å². The maximum atomic E-state index is 13.9. The first kappa shape index (κ1) is 13.5. The maximum Gasteiger partial charge on any atom is 0.306 e. The molecule has 1 saturated heterocycles. The summed E-state index contributed by atoms with van der Waals surface area (Å²) >= 11 is 0. The fourth-order valence-electron chi connectivity index (χ4n) is 3.09. The Labute approximate surface area is 116 Å². The van der Waals surface area contributed by atoms with Crippen LogP contribution in [0.2, 0.25) is 0 Å². The highest BCUT2D eigenvalue weighted by atomic mass is 19.1. The van der Waals surface area contributed by atoms with Crippen molar-refractivity contribution >= 4 is 5.97 Å². The number of hydrogen-bond acceptors (Lipinski definition) is 4. The molecule has 5 atom stereocenters. The first-order valence-corrected chi connectivity index (χ1v) is 6.80. The number of ether oxygens (including phenoxy) is 2. The predicted octanol–water partition coefficient (Wildman–Crippen LogP) is 1.46. The van der Waals surface area contributed by atoms with Gasteiger partial charge in [0, 0.05) is 11.8 Å². The summed E-state index contributed by atoms with van der Waals surface area (Å²) < 4.78 is 24.4. The fraction of sp³-hybridized carbons (Fsp3) is 0.533. The first-order valence-electron chi connectivity index (χ1n) is 6.80. The van der Waals surface area contributed by atoms with E-state index in [4.69, 9.17) is 9.47 Å². The summed E-state index contributed by atoms with van der Waals surface area (Å²) in [4.78, 5) is 11.2. The van der Waals surface area contributed by atoms with E-state index in [0.717, 1.165) is 5.56 Å². The zero-order valence-corrected chi connectivity index (χ0v) is 10.9. The van der Waals surface area contributed by atoms with Crippen molar-refractivity contribution in [3.63, 3.8) is 0 Å².